The quantitative estimate of drug-likeness (QED) is 0.657. The van der Waals surface area contributed by atoms with Crippen LogP contribution >= 0.6 is 0 Å². The Kier molecular flexibility index (Phi) is 3.78. The highest BCUT2D eigenvalue weighted by Gasteiger charge is 2.62. The van der Waals surface area contributed by atoms with Crippen LogP contribution in [0.3, 0.4) is 0 Å². The van der Waals surface area contributed by atoms with Crippen molar-refractivity contribution in [3.8, 4) is 0 Å². The minimum Gasteiger partial charge on any atom is -0.396 e. The second-order valence-corrected chi connectivity index (χ2v) is 3.79. The van der Waals surface area contributed by atoms with Crippen molar-refractivity contribution in [2.24, 2.45) is 0 Å². The van der Waals surface area contributed by atoms with Crippen LogP contribution in [-0.2, 0) is 0 Å². The number of nitrogens with one attached hydrogen (secondary N) is 1. The SMILES string of the molecule is OCCCCCNC1(C(F)(F)F)CC1. The summed E-state index contributed by atoms with van der Waals surface area (Å²) in [6, 6.07) is 0. The maximum absolute atomic E-state index is 12.4. The van der Waals surface area contributed by atoms with E-state index in [0.29, 0.717) is 19.4 Å². The standard InChI is InChI=1S/C9H16F3NO/c10-9(11,12)8(4-5-8)13-6-2-1-3-7-14/h13-14H,1-7H2. The third-order valence-electron chi connectivity index (χ3n) is 2.59. The molecule has 0 atom stereocenters. The van der Waals surface area contributed by atoms with E-state index in [2.05, 4.69) is 5.32 Å². The van der Waals surface area contributed by atoms with Crippen LogP contribution in [0.2, 0.25) is 0 Å². The smallest absolute Gasteiger partial charge is 0.396 e. The molecular formula is C9H16F3NO. The van der Waals surface area contributed by atoms with Crippen LogP contribution in [0.4, 0.5) is 13.2 Å². The lowest BCUT2D eigenvalue weighted by atomic mass is 10.2. The summed E-state index contributed by atoms with van der Waals surface area (Å²) in [6.07, 6.45) is -1.56. The molecule has 1 fully saturated rings. The molecule has 5 heteroatoms. The fraction of sp³-hybridized carbons (Fsp3) is 1.00. The van der Waals surface area contributed by atoms with Gasteiger partial charge in [0, 0.05) is 6.61 Å². The van der Waals surface area contributed by atoms with Crippen LogP contribution in [0.25, 0.3) is 0 Å². The lowest BCUT2D eigenvalue weighted by molar-refractivity contribution is -0.165. The first-order chi connectivity index (χ1) is 6.52. The molecule has 0 bridgehead atoms. The highest BCUT2D eigenvalue weighted by atomic mass is 19.4. The maximum Gasteiger partial charge on any atom is 0.406 e. The summed E-state index contributed by atoms with van der Waals surface area (Å²) in [5, 5.41) is 11.0. The highest BCUT2D eigenvalue weighted by Crippen LogP contribution is 2.48. The minimum atomic E-state index is -4.11. The van der Waals surface area contributed by atoms with E-state index in [0.717, 1.165) is 6.42 Å². The molecule has 1 aliphatic rings. The Morgan fingerprint density at radius 2 is 1.79 bits per heavy atom. The van der Waals surface area contributed by atoms with Crippen LogP contribution in [0, 0.1) is 0 Å². The van der Waals surface area contributed by atoms with E-state index in [4.69, 9.17) is 5.11 Å². The minimum absolute atomic E-state index is 0.115. The van der Waals surface area contributed by atoms with E-state index in [1.807, 2.05) is 0 Å². The Morgan fingerprint density at radius 3 is 2.21 bits per heavy atom. The largest absolute Gasteiger partial charge is 0.406 e. The second-order valence-electron chi connectivity index (χ2n) is 3.79. The lowest BCUT2D eigenvalue weighted by Crippen LogP contribution is -2.45. The Labute approximate surface area is 81.5 Å². The molecule has 0 aromatic rings. The van der Waals surface area contributed by atoms with E-state index in [1.54, 1.807) is 0 Å². The zero-order valence-electron chi connectivity index (χ0n) is 8.03. The van der Waals surface area contributed by atoms with E-state index in [9.17, 15) is 13.2 Å². The molecule has 1 aliphatic carbocycles. The molecule has 0 aromatic carbocycles. The molecule has 0 aliphatic heterocycles. The topological polar surface area (TPSA) is 32.3 Å². The lowest BCUT2D eigenvalue weighted by Gasteiger charge is -2.20. The summed E-state index contributed by atoms with van der Waals surface area (Å²) in [5.74, 6) is 0. The van der Waals surface area contributed by atoms with Crippen LogP contribution < -0.4 is 5.32 Å². The third-order valence-corrected chi connectivity index (χ3v) is 2.59. The summed E-state index contributed by atoms with van der Waals surface area (Å²) in [7, 11) is 0. The van der Waals surface area contributed by atoms with Gasteiger partial charge in [-0.05, 0) is 38.6 Å². The van der Waals surface area contributed by atoms with Crippen molar-refractivity contribution in [2.75, 3.05) is 13.2 Å². The number of rotatable bonds is 6. The van der Waals surface area contributed by atoms with Crippen molar-refractivity contribution in [3.05, 3.63) is 0 Å². The van der Waals surface area contributed by atoms with Gasteiger partial charge in [0.1, 0.15) is 5.54 Å². The van der Waals surface area contributed by atoms with Crippen molar-refractivity contribution in [1.29, 1.82) is 0 Å². The molecule has 1 saturated carbocycles. The Hall–Kier alpha value is -0.290. The van der Waals surface area contributed by atoms with Crippen molar-refractivity contribution >= 4 is 0 Å². The average Bonchev–Trinajstić information content (AvgIpc) is 2.84. The predicted octanol–water partition coefficient (Wildman–Crippen LogP) is 1.83. The Balaban J connectivity index is 2.12. The number of halogens is 3. The molecule has 0 spiro atoms. The van der Waals surface area contributed by atoms with Gasteiger partial charge in [-0.1, -0.05) is 0 Å². The Bertz CT molecular complexity index is 177. The maximum atomic E-state index is 12.4. The number of hydrogen-bond acceptors (Lipinski definition) is 2. The number of aliphatic hydroxyl groups is 1. The predicted molar refractivity (Wildman–Crippen MR) is 47.0 cm³/mol. The van der Waals surface area contributed by atoms with Gasteiger partial charge in [0.05, 0.1) is 0 Å². The number of unbranched alkanes of at least 4 members (excludes halogenated alkanes) is 2. The van der Waals surface area contributed by atoms with Crippen molar-refractivity contribution in [3.63, 3.8) is 0 Å². The molecule has 0 amide bonds. The van der Waals surface area contributed by atoms with Gasteiger partial charge in [0.15, 0.2) is 0 Å². The van der Waals surface area contributed by atoms with Gasteiger partial charge in [0.2, 0.25) is 0 Å². The van der Waals surface area contributed by atoms with E-state index in [1.165, 1.54) is 0 Å². The van der Waals surface area contributed by atoms with Crippen LogP contribution in [0.15, 0.2) is 0 Å². The Morgan fingerprint density at radius 1 is 1.14 bits per heavy atom. The molecule has 0 saturated heterocycles. The third kappa shape index (κ3) is 2.85. The van der Waals surface area contributed by atoms with E-state index >= 15 is 0 Å². The van der Waals surface area contributed by atoms with Crippen LogP contribution in [0.1, 0.15) is 32.1 Å². The van der Waals surface area contributed by atoms with Gasteiger partial charge in [-0.3, -0.25) is 0 Å². The van der Waals surface area contributed by atoms with Gasteiger partial charge in [-0.25, -0.2) is 0 Å². The van der Waals surface area contributed by atoms with Crippen LogP contribution in [0.5, 0.6) is 0 Å². The molecule has 84 valence electrons. The monoisotopic (exact) mass is 211 g/mol. The van der Waals surface area contributed by atoms with Crippen molar-refractivity contribution < 1.29 is 18.3 Å². The zero-order valence-corrected chi connectivity index (χ0v) is 8.03. The van der Waals surface area contributed by atoms with Gasteiger partial charge >= 0.3 is 6.18 Å². The first-order valence-corrected chi connectivity index (χ1v) is 4.94. The molecule has 2 nitrogen and oxygen atoms in total. The van der Waals surface area contributed by atoms with Gasteiger partial charge in [-0.2, -0.15) is 13.2 Å². The number of hydrogen-bond donors (Lipinski definition) is 2. The highest BCUT2D eigenvalue weighted by molar-refractivity contribution is 5.07. The number of alkyl halides is 3. The van der Waals surface area contributed by atoms with Gasteiger partial charge in [-0.15, -0.1) is 0 Å². The molecule has 2 N–H and O–H groups in total. The summed E-state index contributed by atoms with van der Waals surface area (Å²) in [4.78, 5) is 0. The second kappa shape index (κ2) is 4.49. The van der Waals surface area contributed by atoms with Crippen molar-refractivity contribution in [1.82, 2.24) is 5.32 Å². The van der Waals surface area contributed by atoms with Crippen molar-refractivity contribution in [2.45, 2.75) is 43.8 Å². The molecular weight excluding hydrogens is 195 g/mol. The fourth-order valence-electron chi connectivity index (χ4n) is 1.43. The zero-order chi connectivity index (χ0) is 10.7. The molecule has 0 aromatic heterocycles. The summed E-state index contributed by atoms with van der Waals surface area (Å²) >= 11 is 0. The molecule has 0 heterocycles. The molecule has 14 heavy (non-hydrogen) atoms. The summed E-state index contributed by atoms with van der Waals surface area (Å²) in [5.41, 5.74) is -1.58. The van der Waals surface area contributed by atoms with E-state index < -0.39 is 11.7 Å². The molecule has 1 rings (SSSR count). The molecule has 0 unspecified atom stereocenters. The normalized spacial score (nSPS) is 19.7. The molecule has 0 radical (unpaired) electrons. The first kappa shape index (κ1) is 11.8. The average molecular weight is 211 g/mol. The van der Waals surface area contributed by atoms with Crippen LogP contribution in [-0.4, -0.2) is 30.0 Å². The number of aliphatic hydroxyl groups excluding tert-OH is 1. The first-order valence-electron chi connectivity index (χ1n) is 4.94. The summed E-state index contributed by atoms with van der Waals surface area (Å²) in [6.45, 7) is 0.504. The van der Waals surface area contributed by atoms with Gasteiger partial charge in [0.25, 0.3) is 0 Å². The van der Waals surface area contributed by atoms with E-state index in [-0.39, 0.29) is 19.4 Å². The summed E-state index contributed by atoms with van der Waals surface area (Å²) < 4.78 is 37.1. The fourth-order valence-corrected chi connectivity index (χ4v) is 1.43. The van der Waals surface area contributed by atoms with Gasteiger partial charge < -0.3 is 10.4 Å².